The van der Waals surface area contributed by atoms with Crippen molar-refractivity contribution < 1.29 is 13.2 Å². The lowest BCUT2D eigenvalue weighted by molar-refractivity contribution is 0.204. The Balaban J connectivity index is 2.25. The molecule has 2 rings (SSSR count). The standard InChI is InChI=1S/C12H19N3O3S/c1-18-8-6-14-19(16,17)15-7-2-3-10-4-5-11(13)9-12(10)15/h4-5,9,14H,2-3,6-8,13H2,1H3. The fourth-order valence-corrected chi connectivity index (χ4v) is 3.45. The van der Waals surface area contributed by atoms with Crippen molar-refractivity contribution in [3.63, 3.8) is 0 Å². The number of ether oxygens (including phenoxy) is 1. The summed E-state index contributed by atoms with van der Waals surface area (Å²) in [5, 5.41) is 0. The number of nitrogens with two attached hydrogens (primary N) is 1. The quantitative estimate of drug-likeness (QED) is 0.609. The molecule has 0 radical (unpaired) electrons. The predicted molar refractivity (Wildman–Crippen MR) is 75.3 cm³/mol. The summed E-state index contributed by atoms with van der Waals surface area (Å²) in [4.78, 5) is 0. The van der Waals surface area contributed by atoms with Crippen LogP contribution in [0.1, 0.15) is 12.0 Å². The maximum Gasteiger partial charge on any atom is 0.301 e. The van der Waals surface area contributed by atoms with Gasteiger partial charge in [0.1, 0.15) is 0 Å². The number of hydrogen-bond acceptors (Lipinski definition) is 4. The van der Waals surface area contributed by atoms with Gasteiger partial charge in [-0.1, -0.05) is 6.07 Å². The van der Waals surface area contributed by atoms with Gasteiger partial charge in [-0.3, -0.25) is 4.31 Å². The first-order chi connectivity index (χ1) is 9.04. The first kappa shape index (κ1) is 14.1. The van der Waals surface area contributed by atoms with Gasteiger partial charge >= 0.3 is 10.2 Å². The summed E-state index contributed by atoms with van der Waals surface area (Å²) in [7, 11) is -2.01. The lowest BCUT2D eigenvalue weighted by atomic mass is 10.0. The molecule has 0 aliphatic carbocycles. The Labute approximate surface area is 113 Å². The molecule has 0 fully saturated rings. The van der Waals surface area contributed by atoms with Crippen molar-refractivity contribution in [3.8, 4) is 0 Å². The number of anilines is 2. The van der Waals surface area contributed by atoms with Crippen molar-refractivity contribution in [2.75, 3.05) is 36.8 Å². The molecule has 3 N–H and O–H groups in total. The maximum absolute atomic E-state index is 12.3. The van der Waals surface area contributed by atoms with E-state index in [1.807, 2.05) is 6.07 Å². The topological polar surface area (TPSA) is 84.7 Å². The van der Waals surface area contributed by atoms with Gasteiger partial charge in [0.2, 0.25) is 0 Å². The van der Waals surface area contributed by atoms with Crippen LogP contribution in [0.5, 0.6) is 0 Å². The molecule has 1 aromatic carbocycles. The first-order valence-corrected chi connectivity index (χ1v) is 7.63. The number of methoxy groups -OCH3 is 1. The van der Waals surface area contributed by atoms with Crippen molar-refractivity contribution in [2.45, 2.75) is 12.8 Å². The van der Waals surface area contributed by atoms with Gasteiger partial charge in [-0.15, -0.1) is 0 Å². The van der Waals surface area contributed by atoms with Crippen LogP contribution in [-0.4, -0.2) is 35.2 Å². The number of fused-ring (bicyclic) bond motifs is 1. The van der Waals surface area contributed by atoms with Crippen LogP contribution in [0.15, 0.2) is 18.2 Å². The van der Waals surface area contributed by atoms with Crippen LogP contribution in [0.3, 0.4) is 0 Å². The molecule has 0 aromatic heterocycles. The molecule has 0 amide bonds. The monoisotopic (exact) mass is 285 g/mol. The summed E-state index contributed by atoms with van der Waals surface area (Å²) < 4.78 is 33.3. The first-order valence-electron chi connectivity index (χ1n) is 6.19. The van der Waals surface area contributed by atoms with E-state index >= 15 is 0 Å². The average Bonchev–Trinajstić information content (AvgIpc) is 2.38. The largest absolute Gasteiger partial charge is 0.399 e. The van der Waals surface area contributed by atoms with Gasteiger partial charge < -0.3 is 10.5 Å². The van der Waals surface area contributed by atoms with E-state index in [2.05, 4.69) is 4.72 Å². The minimum atomic E-state index is -3.54. The van der Waals surface area contributed by atoms with E-state index in [1.165, 1.54) is 11.4 Å². The Kier molecular flexibility index (Phi) is 4.28. The third-order valence-electron chi connectivity index (χ3n) is 3.07. The number of nitrogens with zero attached hydrogens (tertiary/aromatic N) is 1. The predicted octanol–water partition coefficient (Wildman–Crippen LogP) is 0.502. The van der Waals surface area contributed by atoms with Crippen LogP contribution in [-0.2, 0) is 21.4 Å². The second kappa shape index (κ2) is 5.77. The Morgan fingerprint density at radius 1 is 1.47 bits per heavy atom. The molecular formula is C12H19N3O3S. The van der Waals surface area contributed by atoms with E-state index in [0.29, 0.717) is 24.5 Å². The normalized spacial score (nSPS) is 15.3. The maximum atomic E-state index is 12.3. The van der Waals surface area contributed by atoms with Gasteiger partial charge in [-0.25, -0.2) is 0 Å². The van der Waals surface area contributed by atoms with Gasteiger partial charge in [-0.05, 0) is 30.5 Å². The zero-order chi connectivity index (χ0) is 13.9. The smallest absolute Gasteiger partial charge is 0.301 e. The molecule has 1 aliphatic rings. The van der Waals surface area contributed by atoms with Crippen molar-refractivity contribution >= 4 is 21.6 Å². The number of benzene rings is 1. The van der Waals surface area contributed by atoms with Crippen LogP contribution in [0.25, 0.3) is 0 Å². The molecule has 19 heavy (non-hydrogen) atoms. The van der Waals surface area contributed by atoms with Crippen LogP contribution in [0, 0.1) is 0 Å². The van der Waals surface area contributed by atoms with E-state index in [0.717, 1.165) is 18.4 Å². The molecule has 0 atom stereocenters. The molecule has 0 spiro atoms. The van der Waals surface area contributed by atoms with Crippen LogP contribution < -0.4 is 14.8 Å². The Morgan fingerprint density at radius 2 is 2.26 bits per heavy atom. The zero-order valence-corrected chi connectivity index (χ0v) is 11.7. The highest BCUT2D eigenvalue weighted by molar-refractivity contribution is 7.90. The average molecular weight is 285 g/mol. The van der Waals surface area contributed by atoms with Crippen molar-refractivity contribution in [3.05, 3.63) is 23.8 Å². The molecule has 1 aliphatic heterocycles. The molecule has 1 heterocycles. The molecular weight excluding hydrogens is 266 g/mol. The Morgan fingerprint density at radius 3 is 3.00 bits per heavy atom. The molecule has 1 aromatic rings. The van der Waals surface area contributed by atoms with Gasteiger partial charge in [-0.2, -0.15) is 13.1 Å². The third-order valence-corrected chi connectivity index (χ3v) is 4.59. The molecule has 6 nitrogen and oxygen atoms in total. The summed E-state index contributed by atoms with van der Waals surface area (Å²) in [6, 6.07) is 5.40. The highest BCUT2D eigenvalue weighted by Crippen LogP contribution is 2.30. The van der Waals surface area contributed by atoms with Gasteiger partial charge in [0.25, 0.3) is 0 Å². The number of hydrogen-bond donors (Lipinski definition) is 2. The second-order valence-electron chi connectivity index (χ2n) is 4.46. The molecule has 7 heteroatoms. The SMILES string of the molecule is COCCNS(=O)(=O)N1CCCc2ccc(N)cc21. The van der Waals surface area contributed by atoms with Crippen LogP contribution >= 0.6 is 0 Å². The number of aryl methyl sites for hydroxylation is 1. The summed E-state index contributed by atoms with van der Waals surface area (Å²) in [5.74, 6) is 0. The van der Waals surface area contributed by atoms with E-state index in [4.69, 9.17) is 10.5 Å². The number of rotatable bonds is 5. The van der Waals surface area contributed by atoms with Gasteiger partial charge in [0, 0.05) is 25.9 Å². The Bertz CT molecular complexity index is 545. The second-order valence-corrected chi connectivity index (χ2v) is 6.14. The van der Waals surface area contributed by atoms with Crippen molar-refractivity contribution in [1.29, 1.82) is 0 Å². The third kappa shape index (κ3) is 3.17. The van der Waals surface area contributed by atoms with Crippen molar-refractivity contribution in [2.24, 2.45) is 0 Å². The van der Waals surface area contributed by atoms with E-state index in [-0.39, 0.29) is 6.54 Å². The molecule has 0 saturated heterocycles. The summed E-state index contributed by atoms with van der Waals surface area (Å²) in [6.07, 6.45) is 1.68. The minimum absolute atomic E-state index is 0.257. The van der Waals surface area contributed by atoms with E-state index in [1.54, 1.807) is 12.1 Å². The van der Waals surface area contributed by atoms with Crippen LogP contribution in [0.2, 0.25) is 0 Å². The number of nitrogen functional groups attached to an aromatic ring is 1. The molecule has 0 saturated carbocycles. The van der Waals surface area contributed by atoms with E-state index in [9.17, 15) is 8.42 Å². The Hall–Kier alpha value is -1.31. The van der Waals surface area contributed by atoms with Gasteiger partial charge in [0.15, 0.2) is 0 Å². The van der Waals surface area contributed by atoms with Crippen LogP contribution in [0.4, 0.5) is 11.4 Å². The lowest BCUT2D eigenvalue weighted by Crippen LogP contribution is -2.44. The zero-order valence-electron chi connectivity index (χ0n) is 10.9. The number of nitrogens with one attached hydrogen (secondary N) is 1. The fourth-order valence-electron chi connectivity index (χ4n) is 2.16. The van der Waals surface area contributed by atoms with E-state index < -0.39 is 10.2 Å². The lowest BCUT2D eigenvalue weighted by Gasteiger charge is -2.30. The van der Waals surface area contributed by atoms with Gasteiger partial charge in [0.05, 0.1) is 12.3 Å². The van der Waals surface area contributed by atoms with Crippen molar-refractivity contribution in [1.82, 2.24) is 4.72 Å². The molecule has 106 valence electrons. The molecule has 0 bridgehead atoms. The summed E-state index contributed by atoms with van der Waals surface area (Å²) in [5.41, 5.74) is 8.00. The highest BCUT2D eigenvalue weighted by atomic mass is 32.2. The molecule has 0 unspecified atom stereocenters. The summed E-state index contributed by atoms with van der Waals surface area (Å²) in [6.45, 7) is 1.07. The fraction of sp³-hybridized carbons (Fsp3) is 0.500. The summed E-state index contributed by atoms with van der Waals surface area (Å²) >= 11 is 0. The highest BCUT2D eigenvalue weighted by Gasteiger charge is 2.27. The minimum Gasteiger partial charge on any atom is -0.399 e.